The van der Waals surface area contributed by atoms with E-state index in [4.69, 9.17) is 4.74 Å². The van der Waals surface area contributed by atoms with Gasteiger partial charge in [0.2, 0.25) is 0 Å². The molecule has 1 atom stereocenters. The highest BCUT2D eigenvalue weighted by Gasteiger charge is 2.29. The molecule has 0 rings (SSSR count). The SMILES string of the molecule is CCC(COC)(CC(=O)OC)NC. The molecule has 0 saturated carbocycles. The molecule has 0 amide bonds. The Bertz CT molecular complexity index is 155. The maximum atomic E-state index is 11.1. The van der Waals surface area contributed by atoms with E-state index >= 15 is 0 Å². The Labute approximate surface area is 79.6 Å². The van der Waals surface area contributed by atoms with E-state index in [1.165, 1.54) is 7.11 Å². The van der Waals surface area contributed by atoms with Gasteiger partial charge in [0.1, 0.15) is 0 Å². The summed E-state index contributed by atoms with van der Waals surface area (Å²) in [4.78, 5) is 11.1. The van der Waals surface area contributed by atoms with Crippen LogP contribution in [-0.4, -0.2) is 39.4 Å². The van der Waals surface area contributed by atoms with E-state index in [1.807, 2.05) is 14.0 Å². The molecule has 1 N–H and O–H groups in total. The van der Waals surface area contributed by atoms with Crippen LogP contribution in [0.25, 0.3) is 0 Å². The summed E-state index contributed by atoms with van der Waals surface area (Å²) < 4.78 is 9.69. The van der Waals surface area contributed by atoms with Gasteiger partial charge in [-0.3, -0.25) is 4.79 Å². The Kier molecular flexibility index (Phi) is 5.66. The van der Waals surface area contributed by atoms with Crippen LogP contribution in [0.15, 0.2) is 0 Å². The Morgan fingerprint density at radius 3 is 2.38 bits per heavy atom. The lowest BCUT2D eigenvalue weighted by Gasteiger charge is -2.30. The van der Waals surface area contributed by atoms with E-state index in [9.17, 15) is 4.79 Å². The molecule has 1 unspecified atom stereocenters. The highest BCUT2D eigenvalue weighted by atomic mass is 16.5. The highest BCUT2D eigenvalue weighted by molar-refractivity contribution is 5.70. The van der Waals surface area contributed by atoms with Crippen LogP contribution in [0.5, 0.6) is 0 Å². The van der Waals surface area contributed by atoms with E-state index in [2.05, 4.69) is 10.1 Å². The third-order valence-electron chi connectivity index (χ3n) is 2.34. The van der Waals surface area contributed by atoms with Crippen LogP contribution in [0.1, 0.15) is 19.8 Å². The number of hydrogen-bond donors (Lipinski definition) is 1. The minimum absolute atomic E-state index is 0.215. The average Bonchev–Trinajstić information content (AvgIpc) is 2.17. The summed E-state index contributed by atoms with van der Waals surface area (Å²) in [6.07, 6.45) is 1.16. The molecule has 0 aliphatic heterocycles. The zero-order chi connectivity index (χ0) is 10.3. The smallest absolute Gasteiger partial charge is 0.307 e. The first-order chi connectivity index (χ1) is 6.14. The molecule has 0 bridgehead atoms. The van der Waals surface area contributed by atoms with Crippen molar-refractivity contribution in [1.82, 2.24) is 5.32 Å². The number of ether oxygens (including phenoxy) is 2. The van der Waals surface area contributed by atoms with Gasteiger partial charge < -0.3 is 14.8 Å². The van der Waals surface area contributed by atoms with Crippen LogP contribution in [0.2, 0.25) is 0 Å². The van der Waals surface area contributed by atoms with E-state index in [-0.39, 0.29) is 11.5 Å². The van der Waals surface area contributed by atoms with Crippen molar-refractivity contribution in [3.8, 4) is 0 Å². The number of hydrogen-bond acceptors (Lipinski definition) is 4. The Balaban J connectivity index is 4.28. The van der Waals surface area contributed by atoms with E-state index in [0.29, 0.717) is 13.0 Å². The molecule has 0 fully saturated rings. The van der Waals surface area contributed by atoms with Gasteiger partial charge in [-0.05, 0) is 13.5 Å². The number of methoxy groups -OCH3 is 2. The number of carbonyl (C=O) groups is 1. The first-order valence-electron chi connectivity index (χ1n) is 4.38. The van der Waals surface area contributed by atoms with Crippen LogP contribution >= 0.6 is 0 Å². The second kappa shape index (κ2) is 5.94. The van der Waals surface area contributed by atoms with Gasteiger partial charge in [0.15, 0.2) is 0 Å². The van der Waals surface area contributed by atoms with Crippen LogP contribution in [0.4, 0.5) is 0 Å². The van der Waals surface area contributed by atoms with Gasteiger partial charge in [-0.2, -0.15) is 0 Å². The fourth-order valence-corrected chi connectivity index (χ4v) is 1.24. The van der Waals surface area contributed by atoms with E-state index in [0.717, 1.165) is 6.42 Å². The second-order valence-corrected chi connectivity index (χ2v) is 3.07. The van der Waals surface area contributed by atoms with Gasteiger partial charge in [0, 0.05) is 7.11 Å². The first kappa shape index (κ1) is 12.4. The van der Waals surface area contributed by atoms with Gasteiger partial charge in [0.05, 0.1) is 25.7 Å². The number of carbonyl (C=O) groups excluding carboxylic acids is 1. The van der Waals surface area contributed by atoms with Crippen molar-refractivity contribution in [3.05, 3.63) is 0 Å². The van der Waals surface area contributed by atoms with E-state index < -0.39 is 0 Å². The third kappa shape index (κ3) is 3.74. The minimum Gasteiger partial charge on any atom is -0.469 e. The van der Waals surface area contributed by atoms with E-state index in [1.54, 1.807) is 7.11 Å². The third-order valence-corrected chi connectivity index (χ3v) is 2.34. The zero-order valence-electron chi connectivity index (χ0n) is 8.85. The summed E-state index contributed by atoms with van der Waals surface area (Å²) in [6, 6.07) is 0. The van der Waals surface area contributed by atoms with Gasteiger partial charge >= 0.3 is 5.97 Å². The zero-order valence-corrected chi connectivity index (χ0v) is 8.85. The molecule has 0 aromatic rings. The Morgan fingerprint density at radius 2 is 2.08 bits per heavy atom. The predicted octanol–water partition coefficient (Wildman–Crippen LogP) is 0.564. The number of esters is 1. The molecule has 0 aromatic heterocycles. The maximum Gasteiger partial charge on any atom is 0.307 e. The van der Waals surface area contributed by atoms with Gasteiger partial charge in [0.25, 0.3) is 0 Å². The quantitative estimate of drug-likeness (QED) is 0.620. The standard InChI is InChI=1S/C9H19NO3/c1-5-9(10-2,7-12-3)6-8(11)13-4/h10H,5-7H2,1-4H3. The number of likely N-dealkylation sites (N-methyl/N-ethyl adjacent to an activating group) is 1. The van der Waals surface area contributed by atoms with Crippen molar-refractivity contribution in [2.45, 2.75) is 25.3 Å². The van der Waals surface area contributed by atoms with Gasteiger partial charge in [-0.1, -0.05) is 6.92 Å². The highest BCUT2D eigenvalue weighted by Crippen LogP contribution is 2.15. The lowest BCUT2D eigenvalue weighted by Crippen LogP contribution is -2.48. The summed E-state index contributed by atoms with van der Waals surface area (Å²) in [5, 5.41) is 3.11. The summed E-state index contributed by atoms with van der Waals surface area (Å²) in [5.74, 6) is -0.215. The molecule has 0 aromatic carbocycles. The fourth-order valence-electron chi connectivity index (χ4n) is 1.24. The Morgan fingerprint density at radius 1 is 1.46 bits per heavy atom. The topological polar surface area (TPSA) is 47.6 Å². The number of nitrogens with one attached hydrogen (secondary N) is 1. The Hall–Kier alpha value is -0.610. The molecule has 4 heteroatoms. The van der Waals surface area contributed by atoms with Crippen LogP contribution in [0.3, 0.4) is 0 Å². The summed E-state index contributed by atoms with van der Waals surface area (Å²) >= 11 is 0. The van der Waals surface area contributed by atoms with Crippen molar-refractivity contribution in [2.24, 2.45) is 0 Å². The lowest BCUT2D eigenvalue weighted by molar-refractivity contribution is -0.143. The molecule has 0 radical (unpaired) electrons. The predicted molar refractivity (Wildman–Crippen MR) is 50.6 cm³/mol. The molecule has 78 valence electrons. The fraction of sp³-hybridized carbons (Fsp3) is 0.889. The first-order valence-corrected chi connectivity index (χ1v) is 4.38. The van der Waals surface area contributed by atoms with Crippen LogP contribution in [-0.2, 0) is 14.3 Å². The van der Waals surface area contributed by atoms with Crippen molar-refractivity contribution in [3.63, 3.8) is 0 Å². The molecule has 0 heterocycles. The molecule has 0 aliphatic rings. The molecular formula is C9H19NO3. The van der Waals surface area contributed by atoms with Crippen molar-refractivity contribution in [2.75, 3.05) is 27.9 Å². The van der Waals surface area contributed by atoms with Gasteiger partial charge in [-0.15, -0.1) is 0 Å². The molecule has 0 spiro atoms. The molecule has 0 saturated heterocycles. The summed E-state index contributed by atoms with van der Waals surface area (Å²) in [5.41, 5.74) is -0.290. The molecule has 13 heavy (non-hydrogen) atoms. The van der Waals surface area contributed by atoms with Crippen molar-refractivity contribution >= 4 is 5.97 Å². The summed E-state index contributed by atoms with van der Waals surface area (Å²) in [7, 11) is 4.84. The molecular weight excluding hydrogens is 170 g/mol. The monoisotopic (exact) mass is 189 g/mol. The van der Waals surface area contributed by atoms with Crippen molar-refractivity contribution < 1.29 is 14.3 Å². The van der Waals surface area contributed by atoms with Crippen LogP contribution in [0, 0.1) is 0 Å². The normalized spacial score (nSPS) is 15.1. The van der Waals surface area contributed by atoms with Crippen molar-refractivity contribution in [1.29, 1.82) is 0 Å². The number of rotatable bonds is 6. The van der Waals surface area contributed by atoms with Gasteiger partial charge in [-0.25, -0.2) is 0 Å². The van der Waals surface area contributed by atoms with Crippen LogP contribution < -0.4 is 5.32 Å². The lowest BCUT2D eigenvalue weighted by atomic mass is 9.93. The largest absolute Gasteiger partial charge is 0.469 e. The summed E-state index contributed by atoms with van der Waals surface area (Å²) in [6.45, 7) is 2.52. The minimum atomic E-state index is -0.290. The molecule has 4 nitrogen and oxygen atoms in total. The average molecular weight is 189 g/mol. The molecule has 0 aliphatic carbocycles. The second-order valence-electron chi connectivity index (χ2n) is 3.07. The maximum absolute atomic E-state index is 11.1.